The number of aliphatic hydroxyl groups excluding tert-OH is 1. The van der Waals surface area contributed by atoms with Gasteiger partial charge in [0.15, 0.2) is 0 Å². The van der Waals surface area contributed by atoms with Gasteiger partial charge in [-0.3, -0.25) is 4.79 Å². The highest BCUT2D eigenvalue weighted by Crippen LogP contribution is 2.26. The molecule has 1 amide bonds. The molecule has 0 radical (unpaired) electrons. The third kappa shape index (κ3) is 4.69. The molecule has 0 fully saturated rings. The maximum absolute atomic E-state index is 11.5. The number of rotatable bonds is 5. The number of carbonyl (C=O) groups excluding carboxylic acids is 1. The van der Waals surface area contributed by atoms with Crippen LogP contribution in [-0.4, -0.2) is 24.2 Å². The van der Waals surface area contributed by atoms with Gasteiger partial charge in [0.2, 0.25) is 5.91 Å². The lowest BCUT2D eigenvalue weighted by Crippen LogP contribution is -2.27. The van der Waals surface area contributed by atoms with Gasteiger partial charge in [0.05, 0.1) is 10.0 Å². The first kappa shape index (κ1) is 15.0. The van der Waals surface area contributed by atoms with Gasteiger partial charge in [0.1, 0.15) is 0 Å². The Morgan fingerprint density at radius 1 is 1.50 bits per heavy atom. The molecule has 1 rings (SSSR count). The summed E-state index contributed by atoms with van der Waals surface area (Å²) < 4.78 is 0. The second kappa shape index (κ2) is 7.41. The summed E-state index contributed by atoms with van der Waals surface area (Å²) in [5.74, 6) is -0.191. The normalized spacial score (nSPS) is 12.7. The number of nitrogens with one attached hydrogen (secondary N) is 1. The van der Waals surface area contributed by atoms with Gasteiger partial charge < -0.3 is 10.4 Å². The third-order valence-corrected chi connectivity index (χ3v) is 3.17. The van der Waals surface area contributed by atoms with Crippen LogP contribution in [0.1, 0.15) is 12.5 Å². The first-order valence-electron chi connectivity index (χ1n) is 5.55. The molecule has 0 aliphatic heterocycles. The number of hydrogen-bond donors (Lipinski definition) is 2. The molecule has 3 nitrogen and oxygen atoms in total. The van der Waals surface area contributed by atoms with Crippen LogP contribution in [0.5, 0.6) is 0 Å². The summed E-state index contributed by atoms with van der Waals surface area (Å²) in [6, 6.07) is 5.22. The summed E-state index contributed by atoms with van der Waals surface area (Å²) in [5, 5.41) is 12.4. The summed E-state index contributed by atoms with van der Waals surface area (Å²) >= 11 is 11.8. The predicted octanol–water partition coefficient (Wildman–Crippen LogP) is 2.75. The van der Waals surface area contributed by atoms with Crippen molar-refractivity contribution >= 4 is 35.2 Å². The Balaban J connectivity index is 2.58. The van der Waals surface area contributed by atoms with E-state index in [2.05, 4.69) is 5.32 Å². The second-order valence-corrected chi connectivity index (χ2v) is 4.79. The second-order valence-electron chi connectivity index (χ2n) is 4.01. The molecule has 1 unspecified atom stereocenters. The molecule has 18 heavy (non-hydrogen) atoms. The predicted molar refractivity (Wildman–Crippen MR) is 74.8 cm³/mol. The molecule has 0 aromatic heterocycles. The summed E-state index contributed by atoms with van der Waals surface area (Å²) in [5.41, 5.74) is 0.689. The van der Waals surface area contributed by atoms with E-state index in [0.717, 1.165) is 0 Å². The Morgan fingerprint density at radius 2 is 2.22 bits per heavy atom. The Morgan fingerprint density at radius 3 is 2.89 bits per heavy atom. The molecule has 98 valence electrons. The van der Waals surface area contributed by atoms with Crippen LogP contribution < -0.4 is 5.32 Å². The van der Waals surface area contributed by atoms with Crippen molar-refractivity contribution in [1.29, 1.82) is 0 Å². The Kier molecular flexibility index (Phi) is 6.19. The number of hydrogen-bond acceptors (Lipinski definition) is 2. The molecule has 0 saturated heterocycles. The lowest BCUT2D eigenvalue weighted by Gasteiger charge is -2.07. The number of carbonyl (C=O) groups is 1. The van der Waals surface area contributed by atoms with Crippen LogP contribution in [0.25, 0.3) is 6.08 Å². The first-order chi connectivity index (χ1) is 8.54. The zero-order chi connectivity index (χ0) is 13.5. The van der Waals surface area contributed by atoms with Crippen LogP contribution in [-0.2, 0) is 4.79 Å². The fraction of sp³-hybridized carbons (Fsp3) is 0.308. The largest absolute Gasteiger partial charge is 0.396 e. The summed E-state index contributed by atoms with van der Waals surface area (Å²) in [7, 11) is 0. The van der Waals surface area contributed by atoms with Crippen LogP contribution >= 0.6 is 23.2 Å². The maximum atomic E-state index is 11.5. The van der Waals surface area contributed by atoms with Crippen molar-refractivity contribution in [1.82, 2.24) is 5.32 Å². The van der Waals surface area contributed by atoms with Crippen molar-refractivity contribution in [2.24, 2.45) is 5.92 Å². The lowest BCUT2D eigenvalue weighted by atomic mass is 10.2. The monoisotopic (exact) mass is 287 g/mol. The third-order valence-electron chi connectivity index (χ3n) is 2.33. The average molecular weight is 288 g/mol. The van der Waals surface area contributed by atoms with E-state index in [1.54, 1.807) is 24.3 Å². The van der Waals surface area contributed by atoms with Gasteiger partial charge >= 0.3 is 0 Å². The van der Waals surface area contributed by atoms with Crippen molar-refractivity contribution in [3.63, 3.8) is 0 Å². The van der Waals surface area contributed by atoms with E-state index in [0.29, 0.717) is 22.2 Å². The van der Waals surface area contributed by atoms with E-state index in [4.69, 9.17) is 28.3 Å². The zero-order valence-corrected chi connectivity index (χ0v) is 11.5. The highest BCUT2D eigenvalue weighted by Gasteiger charge is 2.03. The lowest BCUT2D eigenvalue weighted by molar-refractivity contribution is -0.116. The van der Waals surface area contributed by atoms with Gasteiger partial charge in [-0.05, 0) is 23.6 Å². The molecule has 0 saturated carbocycles. The van der Waals surface area contributed by atoms with E-state index in [9.17, 15) is 4.79 Å². The van der Waals surface area contributed by atoms with Crippen LogP contribution in [0.4, 0.5) is 0 Å². The summed E-state index contributed by atoms with van der Waals surface area (Å²) in [4.78, 5) is 11.5. The first-order valence-corrected chi connectivity index (χ1v) is 6.31. The molecule has 1 aromatic carbocycles. The van der Waals surface area contributed by atoms with Crippen LogP contribution in [0.15, 0.2) is 24.3 Å². The Hall–Kier alpha value is -1.03. The Labute approximate surface area is 116 Å². The SMILES string of the molecule is CC(CO)CNC(=O)/C=C/c1cccc(Cl)c1Cl. The van der Waals surface area contributed by atoms with Gasteiger partial charge in [-0.15, -0.1) is 0 Å². The summed E-state index contributed by atoms with van der Waals surface area (Å²) in [6.45, 7) is 2.32. The minimum absolute atomic E-state index is 0.0390. The quantitative estimate of drug-likeness (QED) is 0.818. The minimum Gasteiger partial charge on any atom is -0.396 e. The zero-order valence-electron chi connectivity index (χ0n) is 9.99. The number of halogens is 2. The van der Waals surface area contributed by atoms with Crippen molar-refractivity contribution in [3.8, 4) is 0 Å². The smallest absolute Gasteiger partial charge is 0.244 e. The van der Waals surface area contributed by atoms with Crippen molar-refractivity contribution < 1.29 is 9.90 Å². The van der Waals surface area contributed by atoms with Crippen LogP contribution in [0, 0.1) is 5.92 Å². The van der Waals surface area contributed by atoms with Gasteiger partial charge in [-0.25, -0.2) is 0 Å². The summed E-state index contributed by atoms with van der Waals surface area (Å²) in [6.07, 6.45) is 2.99. The van der Waals surface area contributed by atoms with E-state index in [-0.39, 0.29) is 18.4 Å². The average Bonchev–Trinajstić information content (AvgIpc) is 2.37. The number of benzene rings is 1. The molecule has 5 heteroatoms. The molecule has 1 atom stereocenters. The van der Waals surface area contributed by atoms with Gasteiger partial charge in [-0.2, -0.15) is 0 Å². The van der Waals surface area contributed by atoms with Crippen LogP contribution in [0.3, 0.4) is 0 Å². The molecule has 2 N–H and O–H groups in total. The molecule has 0 heterocycles. The van der Waals surface area contributed by atoms with Gasteiger partial charge in [0, 0.05) is 19.2 Å². The molecular formula is C13H15Cl2NO2. The van der Waals surface area contributed by atoms with Crippen molar-refractivity contribution in [2.45, 2.75) is 6.92 Å². The highest BCUT2D eigenvalue weighted by molar-refractivity contribution is 6.42. The standard InChI is InChI=1S/C13H15Cl2NO2/c1-9(8-17)7-16-12(18)6-5-10-3-2-4-11(14)13(10)15/h2-6,9,17H,7-8H2,1H3,(H,16,18)/b6-5+. The van der Waals surface area contributed by atoms with Crippen molar-refractivity contribution in [2.75, 3.05) is 13.2 Å². The van der Waals surface area contributed by atoms with E-state index < -0.39 is 0 Å². The van der Waals surface area contributed by atoms with E-state index in [1.165, 1.54) is 6.08 Å². The van der Waals surface area contributed by atoms with E-state index >= 15 is 0 Å². The minimum atomic E-state index is -0.230. The Bertz CT molecular complexity index is 447. The topological polar surface area (TPSA) is 49.3 Å². The number of amides is 1. The maximum Gasteiger partial charge on any atom is 0.244 e. The molecule has 0 aliphatic carbocycles. The number of aliphatic hydroxyl groups is 1. The highest BCUT2D eigenvalue weighted by atomic mass is 35.5. The molecular weight excluding hydrogens is 273 g/mol. The molecule has 0 spiro atoms. The van der Waals surface area contributed by atoms with Crippen LogP contribution in [0.2, 0.25) is 10.0 Å². The molecule has 1 aromatic rings. The fourth-order valence-corrected chi connectivity index (χ4v) is 1.58. The molecule has 0 bridgehead atoms. The van der Waals surface area contributed by atoms with Gasteiger partial charge in [-0.1, -0.05) is 42.3 Å². The fourth-order valence-electron chi connectivity index (χ4n) is 1.21. The van der Waals surface area contributed by atoms with E-state index in [1.807, 2.05) is 6.92 Å². The van der Waals surface area contributed by atoms with Crippen molar-refractivity contribution in [3.05, 3.63) is 39.9 Å². The molecule has 0 aliphatic rings. The van der Waals surface area contributed by atoms with Gasteiger partial charge in [0.25, 0.3) is 0 Å².